The highest BCUT2D eigenvalue weighted by Crippen LogP contribution is 2.31. The molecule has 1 aliphatic rings. The summed E-state index contributed by atoms with van der Waals surface area (Å²) >= 11 is 0. The van der Waals surface area contributed by atoms with Crippen LogP contribution in [0.2, 0.25) is 0 Å². The molecule has 0 radical (unpaired) electrons. The van der Waals surface area contributed by atoms with Crippen molar-refractivity contribution in [3.05, 3.63) is 52.4 Å². The second-order valence-corrected chi connectivity index (χ2v) is 7.34. The summed E-state index contributed by atoms with van der Waals surface area (Å²) in [6.45, 7) is 0. The summed E-state index contributed by atoms with van der Waals surface area (Å²) < 4.78 is 12.4. The number of methoxy groups -OCH3 is 2. The molecule has 2 N–H and O–H groups in total. The maximum atomic E-state index is 12.8. The summed E-state index contributed by atoms with van der Waals surface area (Å²) in [4.78, 5) is 28.3. The fourth-order valence-electron chi connectivity index (χ4n) is 4.08. The molecule has 7 nitrogen and oxygen atoms in total. The van der Waals surface area contributed by atoms with Crippen molar-refractivity contribution in [2.24, 2.45) is 0 Å². The normalized spacial score (nSPS) is 14.7. The van der Waals surface area contributed by atoms with Gasteiger partial charge in [-0.25, -0.2) is 4.79 Å². The van der Waals surface area contributed by atoms with E-state index in [4.69, 9.17) is 9.47 Å². The van der Waals surface area contributed by atoms with Gasteiger partial charge in [-0.2, -0.15) is 0 Å². The van der Waals surface area contributed by atoms with E-state index in [-0.39, 0.29) is 17.6 Å². The summed E-state index contributed by atoms with van der Waals surface area (Å²) in [7, 11) is 3.11. The van der Waals surface area contributed by atoms with Crippen LogP contribution in [-0.4, -0.2) is 29.7 Å². The predicted molar refractivity (Wildman–Crippen MR) is 112 cm³/mol. The van der Waals surface area contributed by atoms with Crippen LogP contribution in [0.3, 0.4) is 0 Å². The number of fused-ring (bicyclic) bond motifs is 1. The number of carbonyl (C=O) groups is 1. The molecule has 29 heavy (non-hydrogen) atoms. The minimum absolute atomic E-state index is 0.112. The van der Waals surface area contributed by atoms with Crippen LogP contribution in [0.4, 0.5) is 5.69 Å². The largest absolute Gasteiger partial charge is 0.497 e. The second kappa shape index (κ2) is 8.03. The molecule has 1 amide bonds. The highest BCUT2D eigenvalue weighted by Gasteiger charge is 2.20. The molecule has 0 unspecified atom stereocenters. The van der Waals surface area contributed by atoms with Crippen molar-refractivity contribution < 1.29 is 14.3 Å². The smallest absolute Gasteiger partial charge is 0.326 e. The number of aromatic amines is 1. The van der Waals surface area contributed by atoms with Gasteiger partial charge in [0.05, 0.1) is 30.9 Å². The van der Waals surface area contributed by atoms with Crippen LogP contribution < -0.4 is 20.5 Å². The minimum atomic E-state index is -0.287. The Kier molecular flexibility index (Phi) is 5.29. The number of benzene rings is 2. The van der Waals surface area contributed by atoms with Gasteiger partial charge < -0.3 is 19.8 Å². The van der Waals surface area contributed by atoms with Crippen molar-refractivity contribution in [2.75, 3.05) is 19.5 Å². The summed E-state index contributed by atoms with van der Waals surface area (Å²) in [6.07, 6.45) is 5.56. The topological polar surface area (TPSA) is 85.3 Å². The zero-order valence-corrected chi connectivity index (χ0v) is 16.7. The Hall–Kier alpha value is -3.22. The van der Waals surface area contributed by atoms with Crippen molar-refractivity contribution in [2.45, 2.75) is 38.1 Å². The van der Waals surface area contributed by atoms with Crippen LogP contribution >= 0.6 is 0 Å². The molecule has 2 aromatic carbocycles. The Morgan fingerprint density at radius 3 is 2.59 bits per heavy atom. The molecule has 1 fully saturated rings. The molecule has 3 aromatic rings. The van der Waals surface area contributed by atoms with E-state index in [0.29, 0.717) is 28.3 Å². The predicted octanol–water partition coefficient (Wildman–Crippen LogP) is 4.10. The Morgan fingerprint density at radius 2 is 1.86 bits per heavy atom. The van der Waals surface area contributed by atoms with Crippen LogP contribution in [0.1, 0.15) is 48.5 Å². The molecule has 152 valence electrons. The lowest BCUT2D eigenvalue weighted by Gasteiger charge is -2.22. The molecule has 1 heterocycles. The SMILES string of the molecule is COc1ccc(OC)c(NC(=O)c2ccc3c(c2)[nH]c(=O)n3C2CCCCC2)c1. The quantitative estimate of drug-likeness (QED) is 0.681. The molecule has 1 aromatic heterocycles. The zero-order valence-electron chi connectivity index (χ0n) is 16.7. The number of carbonyl (C=O) groups excluding carboxylic acids is 1. The zero-order chi connectivity index (χ0) is 20.4. The maximum absolute atomic E-state index is 12.8. The lowest BCUT2D eigenvalue weighted by atomic mass is 9.95. The van der Waals surface area contributed by atoms with E-state index in [1.54, 1.807) is 44.6 Å². The lowest BCUT2D eigenvalue weighted by molar-refractivity contribution is 0.102. The number of H-pyrrole nitrogens is 1. The standard InChI is InChI=1S/C22H25N3O4/c1-28-16-9-11-20(29-2)18(13-16)23-21(26)14-8-10-19-17(12-14)24-22(27)25(19)15-6-4-3-5-7-15/h8-13,15H,3-7H2,1-2H3,(H,23,26)(H,24,27). The number of nitrogens with one attached hydrogen (secondary N) is 2. The Morgan fingerprint density at radius 1 is 1.07 bits per heavy atom. The van der Waals surface area contributed by atoms with Crippen LogP contribution in [-0.2, 0) is 0 Å². The van der Waals surface area contributed by atoms with Crippen LogP contribution in [0.15, 0.2) is 41.2 Å². The first-order chi connectivity index (χ1) is 14.1. The van der Waals surface area contributed by atoms with Crippen LogP contribution in [0.25, 0.3) is 11.0 Å². The first-order valence-corrected chi connectivity index (χ1v) is 9.88. The Balaban J connectivity index is 1.63. The fraction of sp³-hybridized carbons (Fsp3) is 0.364. The van der Waals surface area contributed by atoms with Gasteiger partial charge in [0.15, 0.2) is 0 Å². The van der Waals surface area contributed by atoms with Crippen molar-refractivity contribution in [1.82, 2.24) is 9.55 Å². The first kappa shape index (κ1) is 19.1. The average molecular weight is 395 g/mol. The fourth-order valence-corrected chi connectivity index (χ4v) is 4.08. The highest BCUT2D eigenvalue weighted by atomic mass is 16.5. The van der Waals surface area contributed by atoms with Crippen molar-refractivity contribution in [3.63, 3.8) is 0 Å². The number of hydrogen-bond donors (Lipinski definition) is 2. The van der Waals surface area contributed by atoms with Crippen LogP contribution in [0.5, 0.6) is 11.5 Å². The molecule has 0 aliphatic heterocycles. The third kappa shape index (κ3) is 3.72. The monoisotopic (exact) mass is 395 g/mol. The van der Waals surface area contributed by atoms with Gasteiger partial charge in [0, 0.05) is 17.7 Å². The van der Waals surface area contributed by atoms with Crippen LogP contribution in [0, 0.1) is 0 Å². The van der Waals surface area contributed by atoms with E-state index >= 15 is 0 Å². The van der Waals surface area contributed by atoms with E-state index in [0.717, 1.165) is 31.2 Å². The van der Waals surface area contributed by atoms with E-state index in [1.807, 2.05) is 10.6 Å². The third-order valence-corrected chi connectivity index (χ3v) is 5.57. The molecule has 0 bridgehead atoms. The molecule has 0 atom stereocenters. The molecule has 1 saturated carbocycles. The molecule has 7 heteroatoms. The van der Waals surface area contributed by atoms with E-state index in [1.165, 1.54) is 6.42 Å². The van der Waals surface area contributed by atoms with Crippen molar-refractivity contribution >= 4 is 22.6 Å². The molecule has 1 aliphatic carbocycles. The number of rotatable bonds is 5. The first-order valence-electron chi connectivity index (χ1n) is 9.88. The van der Waals surface area contributed by atoms with Gasteiger partial charge in [-0.15, -0.1) is 0 Å². The summed E-state index contributed by atoms with van der Waals surface area (Å²) in [6, 6.07) is 10.7. The van der Waals surface area contributed by atoms with Crippen molar-refractivity contribution in [3.8, 4) is 11.5 Å². The van der Waals surface area contributed by atoms with Gasteiger partial charge in [0.1, 0.15) is 11.5 Å². The maximum Gasteiger partial charge on any atom is 0.326 e. The Bertz CT molecular complexity index is 1090. The van der Waals surface area contributed by atoms with Gasteiger partial charge >= 0.3 is 5.69 Å². The van der Waals surface area contributed by atoms with Gasteiger partial charge in [-0.05, 0) is 43.2 Å². The number of ether oxygens (including phenoxy) is 2. The number of anilines is 1. The summed E-state index contributed by atoms with van der Waals surface area (Å²) in [5.41, 5.74) is 2.38. The molecule has 0 saturated heterocycles. The molecular weight excluding hydrogens is 370 g/mol. The number of amides is 1. The van der Waals surface area contributed by atoms with E-state index < -0.39 is 0 Å². The highest BCUT2D eigenvalue weighted by molar-refractivity contribution is 6.06. The van der Waals surface area contributed by atoms with Gasteiger partial charge in [0.25, 0.3) is 5.91 Å². The number of hydrogen-bond acceptors (Lipinski definition) is 4. The number of imidazole rings is 1. The summed E-state index contributed by atoms with van der Waals surface area (Å²) in [5.74, 6) is 0.868. The average Bonchev–Trinajstić information content (AvgIpc) is 3.09. The minimum Gasteiger partial charge on any atom is -0.497 e. The van der Waals surface area contributed by atoms with Gasteiger partial charge in [0.2, 0.25) is 0 Å². The molecule has 0 spiro atoms. The number of aromatic nitrogens is 2. The van der Waals surface area contributed by atoms with E-state index in [9.17, 15) is 9.59 Å². The number of nitrogens with zero attached hydrogens (tertiary/aromatic N) is 1. The van der Waals surface area contributed by atoms with E-state index in [2.05, 4.69) is 10.3 Å². The summed E-state index contributed by atoms with van der Waals surface area (Å²) in [5, 5.41) is 2.86. The van der Waals surface area contributed by atoms with Gasteiger partial charge in [-0.1, -0.05) is 19.3 Å². The second-order valence-electron chi connectivity index (χ2n) is 7.34. The van der Waals surface area contributed by atoms with Crippen molar-refractivity contribution in [1.29, 1.82) is 0 Å². The molecule has 4 rings (SSSR count). The Labute approximate surface area is 168 Å². The third-order valence-electron chi connectivity index (χ3n) is 5.57. The molecular formula is C22H25N3O4. The van der Waals surface area contributed by atoms with Gasteiger partial charge in [-0.3, -0.25) is 9.36 Å². The lowest BCUT2D eigenvalue weighted by Crippen LogP contribution is -2.23.